The number of hydrogen-bond acceptors (Lipinski definition) is 1. The Morgan fingerprint density at radius 3 is 2.93 bits per heavy atom. The van der Waals surface area contributed by atoms with E-state index in [1.807, 2.05) is 36.4 Å². The van der Waals surface area contributed by atoms with Crippen LogP contribution in [0.3, 0.4) is 0 Å². The Kier molecular flexibility index (Phi) is 1.78. The van der Waals surface area contributed by atoms with Crippen LogP contribution in [0.1, 0.15) is 0 Å². The SMILES string of the molecule is [c]1ccccc1-c1cccc2[nH]cnc12. The van der Waals surface area contributed by atoms with Crippen molar-refractivity contribution in [1.82, 2.24) is 9.97 Å². The van der Waals surface area contributed by atoms with Crippen molar-refractivity contribution in [2.45, 2.75) is 0 Å². The molecule has 0 aliphatic heterocycles. The average Bonchev–Trinajstić information content (AvgIpc) is 2.78. The minimum atomic E-state index is 1.000. The van der Waals surface area contributed by atoms with Crippen LogP contribution >= 0.6 is 0 Å². The number of benzene rings is 2. The number of rotatable bonds is 1. The quantitative estimate of drug-likeness (QED) is 0.632. The van der Waals surface area contributed by atoms with Gasteiger partial charge >= 0.3 is 0 Å². The molecule has 0 spiro atoms. The fraction of sp³-hybridized carbons (Fsp3) is 0. The summed E-state index contributed by atoms with van der Waals surface area (Å²) in [7, 11) is 0. The lowest BCUT2D eigenvalue weighted by molar-refractivity contribution is 1.34. The number of nitrogens with one attached hydrogen (secondary N) is 1. The number of imidazole rings is 1. The summed E-state index contributed by atoms with van der Waals surface area (Å²) in [6.45, 7) is 0. The van der Waals surface area contributed by atoms with Crippen LogP contribution in [0.25, 0.3) is 22.2 Å². The van der Waals surface area contributed by atoms with Crippen LogP contribution in [0.5, 0.6) is 0 Å². The van der Waals surface area contributed by atoms with Crippen molar-refractivity contribution < 1.29 is 0 Å². The van der Waals surface area contributed by atoms with Crippen LogP contribution in [0.15, 0.2) is 48.8 Å². The van der Waals surface area contributed by atoms with E-state index in [0.29, 0.717) is 0 Å². The van der Waals surface area contributed by atoms with Crippen molar-refractivity contribution in [3.05, 3.63) is 54.9 Å². The van der Waals surface area contributed by atoms with E-state index in [1.165, 1.54) is 0 Å². The molecule has 2 nitrogen and oxygen atoms in total. The minimum Gasteiger partial charge on any atom is -0.345 e. The zero-order chi connectivity index (χ0) is 10.1. The molecule has 0 unspecified atom stereocenters. The summed E-state index contributed by atoms with van der Waals surface area (Å²) in [5.41, 5.74) is 4.26. The second-order valence-electron chi connectivity index (χ2n) is 3.38. The van der Waals surface area contributed by atoms with Crippen molar-refractivity contribution in [2.75, 3.05) is 0 Å². The van der Waals surface area contributed by atoms with Crippen molar-refractivity contribution in [2.24, 2.45) is 0 Å². The molecule has 15 heavy (non-hydrogen) atoms. The van der Waals surface area contributed by atoms with Crippen LogP contribution in [0, 0.1) is 6.07 Å². The molecule has 0 fully saturated rings. The first-order valence-corrected chi connectivity index (χ1v) is 4.84. The first-order valence-electron chi connectivity index (χ1n) is 4.84. The lowest BCUT2D eigenvalue weighted by Crippen LogP contribution is -1.79. The fourth-order valence-corrected chi connectivity index (χ4v) is 1.74. The molecule has 1 N–H and O–H groups in total. The van der Waals surface area contributed by atoms with E-state index in [2.05, 4.69) is 22.1 Å². The maximum atomic E-state index is 4.32. The molecule has 1 heterocycles. The lowest BCUT2D eigenvalue weighted by Gasteiger charge is -2.01. The van der Waals surface area contributed by atoms with E-state index >= 15 is 0 Å². The molecule has 0 amide bonds. The molecular formula is C13H9N2. The normalized spacial score (nSPS) is 10.7. The standard InChI is InChI=1S/C13H9N2/c1-2-5-10(6-3-1)11-7-4-8-12-13(11)15-9-14-12/h1-5,7-9H,(H,14,15). The number of nitrogens with zero attached hydrogens (tertiary/aromatic N) is 1. The third-order valence-electron chi connectivity index (χ3n) is 2.45. The van der Waals surface area contributed by atoms with Gasteiger partial charge in [-0.3, -0.25) is 0 Å². The summed E-state index contributed by atoms with van der Waals surface area (Å²) in [5, 5.41) is 0. The fourth-order valence-electron chi connectivity index (χ4n) is 1.74. The lowest BCUT2D eigenvalue weighted by atomic mass is 10.0. The second kappa shape index (κ2) is 3.24. The van der Waals surface area contributed by atoms with Gasteiger partial charge in [-0.2, -0.15) is 0 Å². The molecule has 3 rings (SSSR count). The third kappa shape index (κ3) is 1.31. The smallest absolute Gasteiger partial charge is 0.0961 e. The number of H-pyrrole nitrogens is 1. The molecule has 1 aromatic heterocycles. The van der Waals surface area contributed by atoms with Gasteiger partial charge in [0.25, 0.3) is 0 Å². The van der Waals surface area contributed by atoms with Crippen LogP contribution in [-0.2, 0) is 0 Å². The molecule has 3 aromatic rings. The van der Waals surface area contributed by atoms with Crippen molar-refractivity contribution in [3.8, 4) is 11.1 Å². The summed E-state index contributed by atoms with van der Waals surface area (Å²) < 4.78 is 0. The Balaban J connectivity index is 2.31. The van der Waals surface area contributed by atoms with E-state index in [1.54, 1.807) is 6.33 Å². The number of para-hydroxylation sites is 1. The minimum absolute atomic E-state index is 1.000. The molecule has 71 valence electrons. The summed E-state index contributed by atoms with van der Waals surface area (Å²) in [6.07, 6.45) is 1.72. The van der Waals surface area contributed by atoms with Gasteiger partial charge in [-0.25, -0.2) is 4.98 Å². The predicted molar refractivity (Wildman–Crippen MR) is 60.4 cm³/mol. The average molecular weight is 193 g/mol. The zero-order valence-electron chi connectivity index (χ0n) is 8.07. The molecule has 0 aliphatic carbocycles. The van der Waals surface area contributed by atoms with Gasteiger partial charge in [0, 0.05) is 5.56 Å². The van der Waals surface area contributed by atoms with Gasteiger partial charge in [-0.05, 0) is 17.7 Å². The Hall–Kier alpha value is -2.09. The Morgan fingerprint density at radius 1 is 1.07 bits per heavy atom. The highest BCUT2D eigenvalue weighted by molar-refractivity contribution is 5.91. The first kappa shape index (κ1) is 8.24. The topological polar surface area (TPSA) is 28.7 Å². The molecular weight excluding hydrogens is 184 g/mol. The van der Waals surface area contributed by atoms with Gasteiger partial charge < -0.3 is 4.98 Å². The van der Waals surface area contributed by atoms with Crippen LogP contribution < -0.4 is 0 Å². The van der Waals surface area contributed by atoms with Gasteiger partial charge in [0.15, 0.2) is 0 Å². The molecule has 0 saturated heterocycles. The second-order valence-corrected chi connectivity index (χ2v) is 3.38. The maximum absolute atomic E-state index is 4.32. The molecule has 0 saturated carbocycles. The van der Waals surface area contributed by atoms with Crippen molar-refractivity contribution in [1.29, 1.82) is 0 Å². The molecule has 2 aromatic carbocycles. The number of hydrogen-bond donors (Lipinski definition) is 1. The van der Waals surface area contributed by atoms with Crippen LogP contribution in [0.4, 0.5) is 0 Å². The van der Waals surface area contributed by atoms with E-state index < -0.39 is 0 Å². The van der Waals surface area contributed by atoms with E-state index in [4.69, 9.17) is 0 Å². The maximum Gasteiger partial charge on any atom is 0.0961 e. The van der Waals surface area contributed by atoms with Crippen molar-refractivity contribution >= 4 is 11.0 Å². The summed E-state index contributed by atoms with van der Waals surface area (Å²) in [4.78, 5) is 7.42. The highest BCUT2D eigenvalue weighted by Crippen LogP contribution is 2.25. The van der Waals surface area contributed by atoms with E-state index in [9.17, 15) is 0 Å². The van der Waals surface area contributed by atoms with Gasteiger partial charge in [-0.15, -0.1) is 0 Å². The summed E-state index contributed by atoms with van der Waals surface area (Å²) in [5.74, 6) is 0. The number of fused-ring (bicyclic) bond motifs is 1. The number of aromatic amines is 1. The summed E-state index contributed by atoms with van der Waals surface area (Å²) in [6, 6.07) is 17.3. The molecule has 0 bridgehead atoms. The van der Waals surface area contributed by atoms with E-state index in [-0.39, 0.29) is 0 Å². The molecule has 0 atom stereocenters. The third-order valence-corrected chi connectivity index (χ3v) is 2.45. The first-order chi connectivity index (χ1) is 7.45. The van der Waals surface area contributed by atoms with Gasteiger partial charge in [0.05, 0.1) is 17.4 Å². The van der Waals surface area contributed by atoms with Gasteiger partial charge in [0.2, 0.25) is 0 Å². The van der Waals surface area contributed by atoms with Gasteiger partial charge in [0.1, 0.15) is 0 Å². The largest absolute Gasteiger partial charge is 0.345 e. The Morgan fingerprint density at radius 2 is 2.07 bits per heavy atom. The van der Waals surface area contributed by atoms with Gasteiger partial charge in [-0.1, -0.05) is 36.4 Å². The van der Waals surface area contributed by atoms with Crippen LogP contribution in [0.2, 0.25) is 0 Å². The predicted octanol–water partition coefficient (Wildman–Crippen LogP) is 3.03. The molecule has 0 aliphatic rings. The van der Waals surface area contributed by atoms with Crippen LogP contribution in [-0.4, -0.2) is 9.97 Å². The Bertz CT molecular complexity index is 582. The molecule has 2 heteroatoms. The zero-order valence-corrected chi connectivity index (χ0v) is 8.07. The monoisotopic (exact) mass is 193 g/mol. The Labute approximate surface area is 87.6 Å². The molecule has 1 radical (unpaired) electrons. The highest BCUT2D eigenvalue weighted by Gasteiger charge is 2.04. The summed E-state index contributed by atoms with van der Waals surface area (Å²) >= 11 is 0. The highest BCUT2D eigenvalue weighted by atomic mass is 14.9. The van der Waals surface area contributed by atoms with Crippen molar-refractivity contribution in [3.63, 3.8) is 0 Å². The van der Waals surface area contributed by atoms with E-state index in [0.717, 1.165) is 22.2 Å². The number of aromatic nitrogens is 2.